The number of hydrogen-bond donors (Lipinski definition) is 1. The molecule has 1 aliphatic rings. The molecule has 1 fully saturated rings. The third kappa shape index (κ3) is 2.77. The molecular weight excluding hydrogens is 222 g/mol. The van der Waals surface area contributed by atoms with Gasteiger partial charge in [0.2, 0.25) is 0 Å². The lowest BCUT2D eigenvalue weighted by Gasteiger charge is -2.36. The molecule has 0 aromatic carbocycles. The Morgan fingerprint density at radius 3 is 2.56 bits per heavy atom. The number of aromatic nitrogens is 2. The minimum absolute atomic E-state index is 0.343. The maximum absolute atomic E-state index is 6.09. The molecule has 18 heavy (non-hydrogen) atoms. The highest BCUT2D eigenvalue weighted by molar-refractivity contribution is 5.13. The smallest absolute Gasteiger partial charge is 0.0624 e. The summed E-state index contributed by atoms with van der Waals surface area (Å²) in [5.41, 5.74) is 9.04. The number of aryl methyl sites for hydroxylation is 2. The van der Waals surface area contributed by atoms with Crippen LogP contribution < -0.4 is 5.73 Å². The molecule has 1 aromatic heterocycles. The van der Waals surface area contributed by atoms with Crippen molar-refractivity contribution in [3.63, 3.8) is 0 Å². The lowest BCUT2D eigenvalue weighted by Crippen LogP contribution is -2.35. The molecule has 3 heteroatoms. The van der Waals surface area contributed by atoms with Crippen LogP contribution in [0.3, 0.4) is 0 Å². The second-order valence-electron chi connectivity index (χ2n) is 5.74. The van der Waals surface area contributed by atoms with Crippen LogP contribution in [0.5, 0.6) is 0 Å². The van der Waals surface area contributed by atoms with E-state index in [0.29, 0.717) is 5.41 Å². The Hall–Kier alpha value is -0.830. The molecule has 0 bridgehead atoms. The van der Waals surface area contributed by atoms with Crippen LogP contribution in [0.25, 0.3) is 0 Å². The molecule has 1 heterocycles. The van der Waals surface area contributed by atoms with E-state index in [4.69, 9.17) is 5.73 Å². The van der Waals surface area contributed by atoms with Crippen LogP contribution >= 0.6 is 0 Å². The van der Waals surface area contributed by atoms with Crippen molar-refractivity contribution in [2.45, 2.75) is 65.3 Å². The highest BCUT2D eigenvalue weighted by Gasteiger charge is 2.31. The van der Waals surface area contributed by atoms with Gasteiger partial charge >= 0.3 is 0 Å². The van der Waals surface area contributed by atoms with E-state index >= 15 is 0 Å². The lowest BCUT2D eigenvalue weighted by molar-refractivity contribution is 0.193. The summed E-state index contributed by atoms with van der Waals surface area (Å²) in [7, 11) is 0. The van der Waals surface area contributed by atoms with E-state index in [1.807, 2.05) is 0 Å². The summed E-state index contributed by atoms with van der Waals surface area (Å²) < 4.78 is 2.17. The standard InChI is InChI=1S/C15H27N3/c1-3-13-10-14(18(4-2)17-13)11-15(12-16)8-6-5-7-9-15/h10H,3-9,11-12,16H2,1-2H3. The number of nitrogens with two attached hydrogens (primary N) is 1. The van der Waals surface area contributed by atoms with Crippen LogP contribution in [0.2, 0.25) is 0 Å². The molecule has 2 N–H and O–H groups in total. The van der Waals surface area contributed by atoms with Crippen LogP contribution in [0.4, 0.5) is 0 Å². The van der Waals surface area contributed by atoms with Crippen molar-refractivity contribution < 1.29 is 0 Å². The Balaban J connectivity index is 2.17. The van der Waals surface area contributed by atoms with Crippen molar-refractivity contribution in [1.82, 2.24) is 9.78 Å². The van der Waals surface area contributed by atoms with Gasteiger partial charge in [0.15, 0.2) is 0 Å². The van der Waals surface area contributed by atoms with Crippen LogP contribution in [0, 0.1) is 5.41 Å². The Labute approximate surface area is 111 Å². The molecule has 1 saturated carbocycles. The molecule has 0 radical (unpaired) electrons. The first kappa shape index (κ1) is 13.6. The van der Waals surface area contributed by atoms with Crippen molar-refractivity contribution in [3.8, 4) is 0 Å². The molecule has 0 spiro atoms. The predicted octanol–water partition coefficient (Wildman–Crippen LogP) is 2.92. The fraction of sp³-hybridized carbons (Fsp3) is 0.800. The monoisotopic (exact) mass is 249 g/mol. The Morgan fingerprint density at radius 1 is 1.28 bits per heavy atom. The van der Waals surface area contributed by atoms with Gasteiger partial charge < -0.3 is 5.73 Å². The Bertz CT molecular complexity index is 375. The van der Waals surface area contributed by atoms with Gasteiger partial charge in [-0.1, -0.05) is 26.2 Å². The van der Waals surface area contributed by atoms with Crippen LogP contribution in [-0.4, -0.2) is 16.3 Å². The van der Waals surface area contributed by atoms with Gasteiger partial charge in [-0.05, 0) is 50.6 Å². The van der Waals surface area contributed by atoms with E-state index in [2.05, 4.69) is 29.7 Å². The SMILES string of the molecule is CCc1cc(CC2(CN)CCCCC2)n(CC)n1. The molecule has 0 atom stereocenters. The van der Waals surface area contributed by atoms with Gasteiger partial charge in [-0.15, -0.1) is 0 Å². The van der Waals surface area contributed by atoms with Gasteiger partial charge in [0, 0.05) is 12.2 Å². The third-order valence-electron chi connectivity index (χ3n) is 4.48. The zero-order valence-electron chi connectivity index (χ0n) is 11.9. The molecule has 0 amide bonds. The third-order valence-corrected chi connectivity index (χ3v) is 4.48. The second kappa shape index (κ2) is 5.87. The minimum Gasteiger partial charge on any atom is -0.330 e. The summed E-state index contributed by atoms with van der Waals surface area (Å²) in [6.45, 7) is 6.14. The highest BCUT2D eigenvalue weighted by Crippen LogP contribution is 2.38. The molecule has 1 aromatic rings. The van der Waals surface area contributed by atoms with E-state index in [0.717, 1.165) is 25.9 Å². The molecule has 102 valence electrons. The zero-order chi connectivity index (χ0) is 13.0. The molecule has 0 unspecified atom stereocenters. The molecule has 1 aliphatic carbocycles. The largest absolute Gasteiger partial charge is 0.330 e. The zero-order valence-corrected chi connectivity index (χ0v) is 11.9. The van der Waals surface area contributed by atoms with E-state index in [-0.39, 0.29) is 0 Å². The topological polar surface area (TPSA) is 43.8 Å². The van der Waals surface area contributed by atoms with Gasteiger partial charge in [0.1, 0.15) is 0 Å². The first-order chi connectivity index (χ1) is 8.73. The van der Waals surface area contributed by atoms with Crippen molar-refractivity contribution in [1.29, 1.82) is 0 Å². The van der Waals surface area contributed by atoms with E-state index < -0.39 is 0 Å². The van der Waals surface area contributed by atoms with Gasteiger partial charge in [0.25, 0.3) is 0 Å². The normalized spacial score (nSPS) is 19.1. The average Bonchev–Trinajstić information content (AvgIpc) is 2.82. The van der Waals surface area contributed by atoms with Crippen molar-refractivity contribution in [2.24, 2.45) is 11.1 Å². The predicted molar refractivity (Wildman–Crippen MR) is 75.6 cm³/mol. The summed E-state index contributed by atoms with van der Waals surface area (Å²) in [5.74, 6) is 0. The average molecular weight is 249 g/mol. The Morgan fingerprint density at radius 2 is 2.00 bits per heavy atom. The van der Waals surface area contributed by atoms with E-state index in [1.165, 1.54) is 43.5 Å². The fourth-order valence-corrected chi connectivity index (χ4v) is 3.24. The van der Waals surface area contributed by atoms with Crippen molar-refractivity contribution in [2.75, 3.05) is 6.54 Å². The van der Waals surface area contributed by atoms with E-state index in [9.17, 15) is 0 Å². The van der Waals surface area contributed by atoms with Crippen LogP contribution in [-0.2, 0) is 19.4 Å². The maximum atomic E-state index is 6.09. The fourth-order valence-electron chi connectivity index (χ4n) is 3.24. The Kier molecular flexibility index (Phi) is 4.44. The van der Waals surface area contributed by atoms with Gasteiger partial charge in [-0.3, -0.25) is 4.68 Å². The van der Waals surface area contributed by atoms with E-state index in [1.54, 1.807) is 0 Å². The molecule has 2 rings (SSSR count). The van der Waals surface area contributed by atoms with Gasteiger partial charge in [0.05, 0.1) is 5.69 Å². The lowest BCUT2D eigenvalue weighted by atomic mass is 9.71. The summed E-state index contributed by atoms with van der Waals surface area (Å²) in [4.78, 5) is 0. The minimum atomic E-state index is 0.343. The number of nitrogens with zero attached hydrogens (tertiary/aromatic N) is 2. The summed E-state index contributed by atoms with van der Waals surface area (Å²) in [5, 5.41) is 4.65. The van der Waals surface area contributed by atoms with Crippen molar-refractivity contribution >= 4 is 0 Å². The van der Waals surface area contributed by atoms with Gasteiger partial charge in [-0.25, -0.2) is 0 Å². The first-order valence-electron chi connectivity index (χ1n) is 7.48. The highest BCUT2D eigenvalue weighted by atomic mass is 15.3. The second-order valence-corrected chi connectivity index (χ2v) is 5.74. The summed E-state index contributed by atoms with van der Waals surface area (Å²) in [6, 6.07) is 2.29. The summed E-state index contributed by atoms with van der Waals surface area (Å²) >= 11 is 0. The maximum Gasteiger partial charge on any atom is 0.0624 e. The molecule has 0 saturated heterocycles. The van der Waals surface area contributed by atoms with Crippen LogP contribution in [0.1, 0.15) is 57.3 Å². The quantitative estimate of drug-likeness (QED) is 0.872. The summed E-state index contributed by atoms with van der Waals surface area (Å²) in [6.07, 6.45) is 8.80. The molecular formula is C15H27N3. The molecule has 0 aliphatic heterocycles. The van der Waals surface area contributed by atoms with Gasteiger partial charge in [-0.2, -0.15) is 5.10 Å². The molecule has 3 nitrogen and oxygen atoms in total. The number of rotatable bonds is 5. The van der Waals surface area contributed by atoms with Crippen molar-refractivity contribution in [3.05, 3.63) is 17.5 Å². The number of hydrogen-bond acceptors (Lipinski definition) is 2. The first-order valence-corrected chi connectivity index (χ1v) is 7.48. The van der Waals surface area contributed by atoms with Crippen LogP contribution in [0.15, 0.2) is 6.07 Å².